The lowest BCUT2D eigenvalue weighted by Crippen LogP contribution is -2.19. The number of carbonyl (C=O) groups excluding carboxylic acids is 1. The van der Waals surface area contributed by atoms with E-state index in [-0.39, 0.29) is 17.1 Å². The number of halogens is 1. The Bertz CT molecular complexity index is 578. The predicted octanol–water partition coefficient (Wildman–Crippen LogP) is 4.56. The van der Waals surface area contributed by atoms with Gasteiger partial charge in [0.25, 0.3) is 0 Å². The van der Waals surface area contributed by atoms with Gasteiger partial charge in [0.1, 0.15) is 5.25 Å². The highest BCUT2D eigenvalue weighted by Crippen LogP contribution is 2.38. The molecule has 2 atom stereocenters. The zero-order valence-corrected chi connectivity index (χ0v) is 13.3. The van der Waals surface area contributed by atoms with Crippen LogP contribution in [0.5, 0.6) is 0 Å². The molecule has 106 valence electrons. The van der Waals surface area contributed by atoms with Gasteiger partial charge in [0, 0.05) is 10.9 Å². The Morgan fingerprint density at radius 3 is 2.80 bits per heavy atom. The van der Waals surface area contributed by atoms with E-state index in [1.807, 2.05) is 37.3 Å². The van der Waals surface area contributed by atoms with Gasteiger partial charge in [-0.3, -0.25) is 4.79 Å². The first-order valence-electron chi connectivity index (χ1n) is 6.42. The van der Waals surface area contributed by atoms with Gasteiger partial charge in [-0.25, -0.2) is 0 Å². The van der Waals surface area contributed by atoms with Crippen molar-refractivity contribution in [3.05, 3.63) is 57.5 Å². The Labute approximate surface area is 128 Å². The minimum Gasteiger partial charge on any atom is -0.468 e. The number of carbonyl (C=O) groups is 1. The minimum atomic E-state index is -0.240. The van der Waals surface area contributed by atoms with Crippen molar-refractivity contribution in [1.29, 1.82) is 0 Å². The molecule has 1 aromatic rings. The molecule has 1 heterocycles. The summed E-state index contributed by atoms with van der Waals surface area (Å²) in [6.45, 7) is 4.19. The molecular formula is C16H17ClO2S. The molecule has 0 bridgehead atoms. The maximum Gasteiger partial charge on any atom is 0.323 e. The van der Waals surface area contributed by atoms with Crippen molar-refractivity contribution in [3.63, 3.8) is 0 Å². The summed E-state index contributed by atoms with van der Waals surface area (Å²) >= 11 is 7.59. The van der Waals surface area contributed by atoms with E-state index in [9.17, 15) is 4.79 Å². The van der Waals surface area contributed by atoms with Crippen molar-refractivity contribution < 1.29 is 9.53 Å². The molecule has 0 fully saturated rings. The summed E-state index contributed by atoms with van der Waals surface area (Å²) in [5, 5.41) is 0.503. The number of thioether (sulfide) groups is 1. The predicted molar refractivity (Wildman–Crippen MR) is 85.1 cm³/mol. The van der Waals surface area contributed by atoms with Crippen molar-refractivity contribution in [1.82, 2.24) is 0 Å². The molecule has 1 aliphatic heterocycles. The third kappa shape index (κ3) is 3.28. The molecule has 0 saturated heterocycles. The van der Waals surface area contributed by atoms with Crippen LogP contribution < -0.4 is 0 Å². The fourth-order valence-electron chi connectivity index (χ4n) is 2.25. The molecule has 1 aromatic carbocycles. The third-order valence-electron chi connectivity index (χ3n) is 3.41. The van der Waals surface area contributed by atoms with Crippen LogP contribution in [0.3, 0.4) is 0 Å². The molecule has 4 heteroatoms. The van der Waals surface area contributed by atoms with E-state index in [1.165, 1.54) is 30.0 Å². The summed E-state index contributed by atoms with van der Waals surface area (Å²) in [5.74, 6) is 0.0381. The lowest BCUT2D eigenvalue weighted by atomic mass is 9.92. The van der Waals surface area contributed by atoms with E-state index < -0.39 is 0 Å². The second-order valence-electron chi connectivity index (χ2n) is 4.71. The maximum absolute atomic E-state index is 11.6. The number of rotatable bonds is 3. The van der Waals surface area contributed by atoms with Crippen molar-refractivity contribution in [3.8, 4) is 0 Å². The van der Waals surface area contributed by atoms with Crippen molar-refractivity contribution >= 4 is 29.3 Å². The van der Waals surface area contributed by atoms with Crippen LogP contribution in [0, 0.1) is 0 Å². The van der Waals surface area contributed by atoms with Gasteiger partial charge in [-0.2, -0.15) is 0 Å². The molecule has 1 aliphatic rings. The van der Waals surface area contributed by atoms with Crippen LogP contribution in [-0.2, 0) is 9.53 Å². The molecule has 0 spiro atoms. The summed E-state index contributed by atoms with van der Waals surface area (Å²) in [4.78, 5) is 12.7. The second-order valence-corrected chi connectivity index (χ2v) is 6.50. The minimum absolute atomic E-state index is 0.208. The lowest BCUT2D eigenvalue weighted by Gasteiger charge is -2.22. The molecular weight excluding hydrogens is 292 g/mol. The largest absolute Gasteiger partial charge is 0.468 e. The van der Waals surface area contributed by atoms with Crippen LogP contribution in [0.15, 0.2) is 46.9 Å². The van der Waals surface area contributed by atoms with Gasteiger partial charge in [-0.1, -0.05) is 42.8 Å². The SMILES string of the molecule is COC(=O)C1C=CC(C(C)c2cccc(Cl)c2)=C(C)S1. The van der Waals surface area contributed by atoms with E-state index in [1.54, 1.807) is 0 Å². The molecule has 0 N–H and O–H groups in total. The van der Waals surface area contributed by atoms with Crippen molar-refractivity contribution in [2.75, 3.05) is 7.11 Å². The highest BCUT2D eigenvalue weighted by atomic mass is 35.5. The summed E-state index contributed by atoms with van der Waals surface area (Å²) in [7, 11) is 1.42. The van der Waals surface area contributed by atoms with Crippen LogP contribution >= 0.6 is 23.4 Å². The fraction of sp³-hybridized carbons (Fsp3) is 0.312. The summed E-state index contributed by atoms with van der Waals surface area (Å²) in [6.07, 6.45) is 3.93. The topological polar surface area (TPSA) is 26.3 Å². The lowest BCUT2D eigenvalue weighted by molar-refractivity contribution is -0.139. The Hall–Kier alpha value is -1.19. The summed E-state index contributed by atoms with van der Waals surface area (Å²) in [6, 6.07) is 7.89. The van der Waals surface area contributed by atoms with Crippen LogP contribution in [0.2, 0.25) is 5.02 Å². The molecule has 2 unspecified atom stereocenters. The monoisotopic (exact) mass is 308 g/mol. The van der Waals surface area contributed by atoms with Gasteiger partial charge in [0.05, 0.1) is 7.11 Å². The highest BCUT2D eigenvalue weighted by molar-refractivity contribution is 8.04. The molecule has 0 aliphatic carbocycles. The first-order valence-corrected chi connectivity index (χ1v) is 7.67. The molecule has 2 nitrogen and oxygen atoms in total. The van der Waals surface area contributed by atoms with E-state index in [4.69, 9.17) is 16.3 Å². The smallest absolute Gasteiger partial charge is 0.323 e. The number of methoxy groups -OCH3 is 1. The summed E-state index contributed by atoms with van der Waals surface area (Å²) in [5.41, 5.74) is 2.39. The first kappa shape index (κ1) is 15.2. The average Bonchev–Trinajstić information content (AvgIpc) is 2.45. The Morgan fingerprint density at radius 2 is 2.20 bits per heavy atom. The molecule has 20 heavy (non-hydrogen) atoms. The Morgan fingerprint density at radius 1 is 1.45 bits per heavy atom. The maximum atomic E-state index is 11.6. The molecule has 0 radical (unpaired) electrons. The van der Waals surface area contributed by atoms with Gasteiger partial charge >= 0.3 is 5.97 Å². The zero-order chi connectivity index (χ0) is 14.7. The quantitative estimate of drug-likeness (QED) is 0.766. The van der Waals surface area contributed by atoms with E-state index in [0.29, 0.717) is 0 Å². The Kier molecular flexibility index (Phi) is 4.95. The van der Waals surface area contributed by atoms with E-state index >= 15 is 0 Å². The molecule has 0 amide bonds. The average molecular weight is 309 g/mol. The van der Waals surface area contributed by atoms with E-state index in [0.717, 1.165) is 9.93 Å². The van der Waals surface area contributed by atoms with Gasteiger partial charge in [-0.15, -0.1) is 11.8 Å². The number of hydrogen-bond donors (Lipinski definition) is 0. The van der Waals surface area contributed by atoms with Gasteiger partial charge in [0.15, 0.2) is 0 Å². The van der Waals surface area contributed by atoms with Crippen LogP contribution in [0.1, 0.15) is 25.3 Å². The fourth-order valence-corrected chi connectivity index (χ4v) is 3.56. The van der Waals surface area contributed by atoms with Gasteiger partial charge in [-0.05, 0) is 35.1 Å². The van der Waals surface area contributed by atoms with Crippen LogP contribution in [0.4, 0.5) is 0 Å². The van der Waals surface area contributed by atoms with Crippen molar-refractivity contribution in [2.24, 2.45) is 0 Å². The Balaban J connectivity index is 2.22. The second kappa shape index (κ2) is 6.51. The normalized spacial score (nSPS) is 19.9. The van der Waals surface area contributed by atoms with Crippen molar-refractivity contribution in [2.45, 2.75) is 25.0 Å². The third-order valence-corrected chi connectivity index (χ3v) is 4.84. The van der Waals surface area contributed by atoms with E-state index in [2.05, 4.69) is 13.0 Å². The number of benzene rings is 1. The van der Waals surface area contributed by atoms with Gasteiger partial charge in [0.2, 0.25) is 0 Å². The zero-order valence-electron chi connectivity index (χ0n) is 11.7. The highest BCUT2D eigenvalue weighted by Gasteiger charge is 2.24. The molecule has 0 aromatic heterocycles. The number of ether oxygens (including phenoxy) is 1. The number of hydrogen-bond acceptors (Lipinski definition) is 3. The van der Waals surface area contributed by atoms with Crippen LogP contribution in [-0.4, -0.2) is 18.3 Å². The van der Waals surface area contributed by atoms with Gasteiger partial charge < -0.3 is 4.74 Å². The number of allylic oxidation sites excluding steroid dienone is 3. The molecule has 0 saturated carbocycles. The van der Waals surface area contributed by atoms with Crippen LogP contribution in [0.25, 0.3) is 0 Å². The standard InChI is InChI=1S/C16H17ClO2S/c1-10(12-5-4-6-13(17)9-12)14-7-8-15(16(18)19-3)20-11(14)2/h4-10,15H,1-3H3. The molecule has 2 rings (SSSR count). The summed E-state index contributed by atoms with van der Waals surface area (Å²) < 4.78 is 4.78. The first-order chi connectivity index (χ1) is 9.52. The number of esters is 1.